The summed E-state index contributed by atoms with van der Waals surface area (Å²) >= 11 is 0. The molecule has 1 aromatic rings. The number of esters is 1. The van der Waals surface area contributed by atoms with Crippen molar-refractivity contribution in [1.82, 2.24) is 0 Å². The highest BCUT2D eigenvalue weighted by Crippen LogP contribution is 2.16. The van der Waals surface area contributed by atoms with Crippen molar-refractivity contribution in [2.45, 2.75) is 26.9 Å². The van der Waals surface area contributed by atoms with Gasteiger partial charge in [-0.3, -0.25) is 0 Å². The number of rotatable bonds is 6. The van der Waals surface area contributed by atoms with Crippen LogP contribution in [0.15, 0.2) is 30.4 Å². The van der Waals surface area contributed by atoms with Crippen LogP contribution in [0.3, 0.4) is 0 Å². The molecule has 0 aliphatic rings. The van der Waals surface area contributed by atoms with Gasteiger partial charge in [-0.05, 0) is 44.0 Å². The van der Waals surface area contributed by atoms with Gasteiger partial charge in [-0.25, -0.2) is 4.79 Å². The van der Waals surface area contributed by atoms with E-state index in [4.69, 9.17) is 14.6 Å². The maximum absolute atomic E-state index is 11.3. The minimum atomic E-state index is -0.690. The van der Waals surface area contributed by atoms with Gasteiger partial charge in [0.1, 0.15) is 12.4 Å². The molecule has 0 radical (unpaired) electrons. The number of hydrogen-bond donors (Lipinski definition) is 1. The molecule has 1 aromatic carbocycles. The van der Waals surface area contributed by atoms with Crippen molar-refractivity contribution in [2.75, 3.05) is 13.2 Å². The third-order valence-corrected chi connectivity index (χ3v) is 2.46. The van der Waals surface area contributed by atoms with Crippen LogP contribution in [0.25, 0.3) is 0 Å². The lowest BCUT2D eigenvalue weighted by Gasteiger charge is -2.16. The third-order valence-electron chi connectivity index (χ3n) is 2.46. The van der Waals surface area contributed by atoms with Crippen molar-refractivity contribution in [1.29, 1.82) is 0 Å². The molecule has 19 heavy (non-hydrogen) atoms. The van der Waals surface area contributed by atoms with Gasteiger partial charge in [-0.2, -0.15) is 0 Å². The molecular formula is C15H20O4. The first-order chi connectivity index (χ1) is 8.92. The lowest BCUT2D eigenvalue weighted by Crippen LogP contribution is -2.28. The van der Waals surface area contributed by atoms with Gasteiger partial charge in [-0.1, -0.05) is 12.6 Å². The second-order valence-electron chi connectivity index (χ2n) is 4.62. The highest BCUT2D eigenvalue weighted by Gasteiger charge is 2.15. The molecule has 0 aliphatic heterocycles. The third kappa shape index (κ3) is 5.14. The summed E-state index contributed by atoms with van der Waals surface area (Å²) in [7, 11) is 0. The molecule has 1 N–H and O–H groups in total. The smallest absolute Gasteiger partial charge is 0.333 e. The Kier molecular flexibility index (Phi) is 5.57. The number of benzene rings is 1. The van der Waals surface area contributed by atoms with Crippen molar-refractivity contribution in [3.05, 3.63) is 41.5 Å². The maximum Gasteiger partial charge on any atom is 0.333 e. The van der Waals surface area contributed by atoms with Gasteiger partial charge in [0.25, 0.3) is 0 Å². The fourth-order valence-electron chi connectivity index (χ4n) is 1.58. The predicted octanol–water partition coefficient (Wildman–Crippen LogP) is 2.16. The van der Waals surface area contributed by atoms with E-state index in [-0.39, 0.29) is 13.2 Å². The van der Waals surface area contributed by atoms with Crippen molar-refractivity contribution in [3.8, 4) is 5.75 Å². The van der Waals surface area contributed by atoms with Crippen LogP contribution >= 0.6 is 0 Å². The van der Waals surface area contributed by atoms with Crippen molar-refractivity contribution < 1.29 is 19.4 Å². The Balaban J connectivity index is 2.57. The average Bonchev–Trinajstić information content (AvgIpc) is 2.32. The number of carbonyl (C=O) groups is 1. The van der Waals surface area contributed by atoms with E-state index in [0.717, 1.165) is 11.1 Å². The first-order valence-corrected chi connectivity index (χ1v) is 6.11. The van der Waals surface area contributed by atoms with E-state index >= 15 is 0 Å². The summed E-state index contributed by atoms with van der Waals surface area (Å²) in [5.41, 5.74) is 2.48. The van der Waals surface area contributed by atoms with Crippen molar-refractivity contribution in [2.24, 2.45) is 0 Å². The molecular weight excluding hydrogens is 244 g/mol. The molecule has 1 rings (SSSR count). The van der Waals surface area contributed by atoms with Gasteiger partial charge in [0.05, 0.1) is 6.61 Å². The van der Waals surface area contributed by atoms with Gasteiger partial charge in [-0.15, -0.1) is 0 Å². The number of aliphatic hydroxyl groups is 1. The van der Waals surface area contributed by atoms with Gasteiger partial charge < -0.3 is 14.6 Å². The first kappa shape index (κ1) is 15.2. The first-order valence-electron chi connectivity index (χ1n) is 6.11. The monoisotopic (exact) mass is 264 g/mol. The quantitative estimate of drug-likeness (QED) is 0.632. The van der Waals surface area contributed by atoms with E-state index in [0.29, 0.717) is 11.3 Å². The van der Waals surface area contributed by atoms with E-state index < -0.39 is 12.1 Å². The summed E-state index contributed by atoms with van der Waals surface area (Å²) in [6, 6.07) is 5.82. The van der Waals surface area contributed by atoms with Gasteiger partial charge in [0, 0.05) is 5.57 Å². The van der Waals surface area contributed by atoms with Crippen molar-refractivity contribution in [3.63, 3.8) is 0 Å². The lowest BCUT2D eigenvalue weighted by atomic mass is 10.1. The number of hydrogen-bond acceptors (Lipinski definition) is 4. The number of aryl methyl sites for hydroxylation is 2. The molecule has 4 heteroatoms. The Bertz CT molecular complexity index is 445. The summed E-state index contributed by atoms with van der Waals surface area (Å²) in [5.74, 6) is 0.172. The second kappa shape index (κ2) is 6.95. The second-order valence-corrected chi connectivity index (χ2v) is 4.62. The Hall–Kier alpha value is -1.81. The zero-order valence-corrected chi connectivity index (χ0v) is 11.6. The van der Waals surface area contributed by atoms with Crippen LogP contribution in [-0.4, -0.2) is 30.4 Å². The molecule has 0 spiro atoms. The maximum atomic E-state index is 11.3. The van der Waals surface area contributed by atoms with Gasteiger partial charge in [0.15, 0.2) is 6.10 Å². The Morgan fingerprint density at radius 2 is 1.89 bits per heavy atom. The van der Waals surface area contributed by atoms with Gasteiger partial charge >= 0.3 is 5.97 Å². The number of aliphatic hydroxyl groups excluding tert-OH is 1. The topological polar surface area (TPSA) is 55.8 Å². The predicted molar refractivity (Wildman–Crippen MR) is 73.2 cm³/mol. The van der Waals surface area contributed by atoms with E-state index in [1.165, 1.54) is 0 Å². The normalized spacial score (nSPS) is 11.8. The SMILES string of the molecule is C=C(C)C(=O)OC(CO)COc1cc(C)cc(C)c1. The molecule has 0 bridgehead atoms. The summed E-state index contributed by atoms with van der Waals surface area (Å²) in [4.78, 5) is 11.3. The van der Waals surface area contributed by atoms with Crippen LogP contribution in [0.5, 0.6) is 5.75 Å². The molecule has 0 fully saturated rings. The Morgan fingerprint density at radius 3 is 2.37 bits per heavy atom. The molecule has 0 aliphatic carbocycles. The van der Waals surface area contributed by atoms with Crippen LogP contribution in [0.4, 0.5) is 0 Å². The summed E-state index contributed by atoms with van der Waals surface area (Å²) in [6.45, 7) is 8.82. The minimum Gasteiger partial charge on any atom is -0.490 e. The molecule has 104 valence electrons. The Labute approximate surface area is 113 Å². The zero-order valence-electron chi connectivity index (χ0n) is 11.6. The number of carbonyl (C=O) groups excluding carboxylic acids is 1. The summed E-state index contributed by atoms with van der Waals surface area (Å²) < 4.78 is 10.6. The molecule has 0 saturated carbocycles. The molecule has 4 nitrogen and oxygen atoms in total. The van der Waals surface area contributed by atoms with Crippen LogP contribution in [-0.2, 0) is 9.53 Å². The van der Waals surface area contributed by atoms with E-state index in [2.05, 4.69) is 6.58 Å². The van der Waals surface area contributed by atoms with Crippen molar-refractivity contribution >= 4 is 5.97 Å². The minimum absolute atomic E-state index is 0.110. The van der Waals surface area contributed by atoms with E-state index in [1.54, 1.807) is 6.92 Å². The molecule has 0 heterocycles. The fraction of sp³-hybridized carbons (Fsp3) is 0.400. The standard InChI is InChI=1S/C15H20O4/c1-10(2)15(17)19-14(8-16)9-18-13-6-11(3)5-12(4)7-13/h5-7,14,16H,1,8-9H2,2-4H3. The molecule has 0 amide bonds. The summed E-state index contributed by atoms with van der Waals surface area (Å²) in [5, 5.41) is 9.16. The van der Waals surface area contributed by atoms with E-state index in [1.807, 2.05) is 32.0 Å². The van der Waals surface area contributed by atoms with Crippen LogP contribution in [0, 0.1) is 13.8 Å². The van der Waals surface area contributed by atoms with Crippen LogP contribution < -0.4 is 4.74 Å². The van der Waals surface area contributed by atoms with Crippen LogP contribution in [0.2, 0.25) is 0 Å². The van der Waals surface area contributed by atoms with E-state index in [9.17, 15) is 4.79 Å². The summed E-state index contributed by atoms with van der Waals surface area (Å²) in [6.07, 6.45) is -0.690. The number of ether oxygens (including phenoxy) is 2. The zero-order chi connectivity index (χ0) is 14.4. The van der Waals surface area contributed by atoms with Crippen LogP contribution in [0.1, 0.15) is 18.1 Å². The largest absolute Gasteiger partial charge is 0.490 e. The molecule has 1 atom stereocenters. The van der Waals surface area contributed by atoms with Gasteiger partial charge in [0.2, 0.25) is 0 Å². The molecule has 0 saturated heterocycles. The lowest BCUT2D eigenvalue weighted by molar-refractivity contribution is -0.147. The average molecular weight is 264 g/mol. The highest BCUT2D eigenvalue weighted by molar-refractivity contribution is 5.87. The highest BCUT2D eigenvalue weighted by atomic mass is 16.6. The molecule has 0 aromatic heterocycles. The Morgan fingerprint density at radius 1 is 1.32 bits per heavy atom. The molecule has 1 unspecified atom stereocenters. The fourth-order valence-corrected chi connectivity index (χ4v) is 1.58.